The number of aryl methyl sites for hydroxylation is 3. The number of fused-ring (bicyclic) bond motifs is 1. The van der Waals surface area contributed by atoms with Gasteiger partial charge in [-0.25, -0.2) is 8.42 Å². The van der Waals surface area contributed by atoms with Crippen molar-refractivity contribution in [1.82, 2.24) is 9.13 Å². The quantitative estimate of drug-likeness (QED) is 0.679. The molecule has 1 heterocycles. The van der Waals surface area contributed by atoms with E-state index in [1.165, 1.54) is 31.8 Å². The molecule has 27 heavy (non-hydrogen) atoms. The molecule has 0 aliphatic heterocycles. The highest BCUT2D eigenvalue weighted by atomic mass is 32.2. The lowest BCUT2D eigenvalue weighted by Crippen LogP contribution is -2.39. The summed E-state index contributed by atoms with van der Waals surface area (Å²) in [6, 6.07) is 9.52. The molecule has 0 atom stereocenters. The number of benzene rings is 2. The van der Waals surface area contributed by atoms with Gasteiger partial charge in [0, 0.05) is 20.2 Å². The van der Waals surface area contributed by atoms with E-state index in [2.05, 4.69) is 4.72 Å². The summed E-state index contributed by atoms with van der Waals surface area (Å²) in [6.07, 6.45) is 0. The van der Waals surface area contributed by atoms with E-state index < -0.39 is 21.1 Å². The molecule has 0 bridgehead atoms. The normalized spacial score (nSPS) is 11.6. The minimum absolute atomic E-state index is 0.0199. The van der Waals surface area contributed by atoms with Crippen LogP contribution in [0.2, 0.25) is 0 Å². The highest BCUT2D eigenvalue weighted by Gasteiger charge is 2.20. The Balaban J connectivity index is 2.19. The van der Waals surface area contributed by atoms with Gasteiger partial charge < -0.3 is 13.9 Å². The predicted molar refractivity (Wildman–Crippen MR) is 103 cm³/mol. The Morgan fingerprint density at radius 2 is 1.56 bits per heavy atom. The second kappa shape index (κ2) is 6.58. The molecule has 0 spiro atoms. The fourth-order valence-corrected chi connectivity index (χ4v) is 4.19. The number of nitrogens with one attached hydrogen (secondary N) is 1. The van der Waals surface area contributed by atoms with Crippen LogP contribution in [-0.2, 0) is 24.1 Å². The standard InChI is InChI=1S/C18H19N3O5S/c1-11-8-14-15(21(3)18(23)17(22)20(14)2)10-16(11)27(24,25)19-12-6-5-7-13(9-12)26-4/h5-10,19H,1-4H3. The molecule has 0 radical (unpaired) electrons. The molecular weight excluding hydrogens is 370 g/mol. The molecule has 3 rings (SSSR count). The van der Waals surface area contributed by atoms with Gasteiger partial charge in [-0.05, 0) is 36.8 Å². The van der Waals surface area contributed by atoms with E-state index >= 15 is 0 Å². The van der Waals surface area contributed by atoms with Crippen LogP contribution in [0.1, 0.15) is 5.56 Å². The number of anilines is 1. The number of ether oxygens (including phenoxy) is 1. The summed E-state index contributed by atoms with van der Waals surface area (Å²) in [5.41, 5.74) is 0.223. The van der Waals surface area contributed by atoms with Crippen LogP contribution in [0.15, 0.2) is 50.9 Å². The Morgan fingerprint density at radius 1 is 0.963 bits per heavy atom. The van der Waals surface area contributed by atoms with Crippen LogP contribution in [0.3, 0.4) is 0 Å². The molecule has 8 nitrogen and oxygen atoms in total. The molecule has 142 valence electrons. The van der Waals surface area contributed by atoms with Crippen molar-refractivity contribution in [3.05, 3.63) is 62.7 Å². The summed E-state index contributed by atoms with van der Waals surface area (Å²) in [5, 5.41) is 0. The van der Waals surface area contributed by atoms with Crippen molar-refractivity contribution in [3.63, 3.8) is 0 Å². The maximum Gasteiger partial charge on any atom is 0.316 e. The summed E-state index contributed by atoms with van der Waals surface area (Å²) in [4.78, 5) is 24.1. The van der Waals surface area contributed by atoms with Crippen molar-refractivity contribution in [2.75, 3.05) is 11.8 Å². The van der Waals surface area contributed by atoms with Gasteiger partial charge in [-0.3, -0.25) is 14.3 Å². The average Bonchev–Trinajstić information content (AvgIpc) is 2.64. The second-order valence-corrected chi connectivity index (χ2v) is 7.82. The highest BCUT2D eigenvalue weighted by molar-refractivity contribution is 7.92. The third-order valence-corrected chi connectivity index (χ3v) is 5.92. The zero-order chi connectivity index (χ0) is 19.9. The lowest BCUT2D eigenvalue weighted by Gasteiger charge is -2.15. The first-order chi connectivity index (χ1) is 12.7. The van der Waals surface area contributed by atoms with Gasteiger partial charge in [-0.2, -0.15) is 0 Å². The molecule has 0 aliphatic rings. The van der Waals surface area contributed by atoms with E-state index in [9.17, 15) is 18.0 Å². The Morgan fingerprint density at radius 3 is 2.15 bits per heavy atom. The van der Waals surface area contributed by atoms with E-state index in [-0.39, 0.29) is 4.90 Å². The lowest BCUT2D eigenvalue weighted by atomic mass is 10.2. The van der Waals surface area contributed by atoms with Crippen molar-refractivity contribution >= 4 is 26.7 Å². The molecule has 0 unspecified atom stereocenters. The zero-order valence-corrected chi connectivity index (χ0v) is 16.1. The molecule has 1 aromatic heterocycles. The van der Waals surface area contributed by atoms with Gasteiger partial charge in [0.2, 0.25) is 0 Å². The number of aromatic nitrogens is 2. The maximum absolute atomic E-state index is 12.9. The van der Waals surface area contributed by atoms with E-state index in [0.717, 1.165) is 4.57 Å². The van der Waals surface area contributed by atoms with Gasteiger partial charge in [0.25, 0.3) is 10.0 Å². The molecule has 0 saturated carbocycles. The molecule has 1 N–H and O–H groups in total. The summed E-state index contributed by atoms with van der Waals surface area (Å²) < 4.78 is 35.8. The van der Waals surface area contributed by atoms with Crippen LogP contribution in [0.4, 0.5) is 5.69 Å². The van der Waals surface area contributed by atoms with Crippen LogP contribution < -0.4 is 20.6 Å². The van der Waals surface area contributed by atoms with Gasteiger partial charge in [0.15, 0.2) is 0 Å². The third-order valence-electron chi connectivity index (χ3n) is 4.40. The van der Waals surface area contributed by atoms with E-state index in [1.807, 2.05) is 0 Å². The summed E-state index contributed by atoms with van der Waals surface area (Å²) in [5.74, 6) is 0.517. The average molecular weight is 389 g/mol. The minimum atomic E-state index is -3.92. The smallest absolute Gasteiger partial charge is 0.316 e. The van der Waals surface area contributed by atoms with Crippen molar-refractivity contribution in [2.24, 2.45) is 14.1 Å². The van der Waals surface area contributed by atoms with Crippen molar-refractivity contribution < 1.29 is 13.2 Å². The molecule has 3 aromatic rings. The number of methoxy groups -OCH3 is 1. The number of rotatable bonds is 4. The van der Waals surface area contributed by atoms with Gasteiger partial charge in [0.1, 0.15) is 5.75 Å². The first-order valence-electron chi connectivity index (χ1n) is 8.03. The van der Waals surface area contributed by atoms with Gasteiger partial charge >= 0.3 is 11.1 Å². The fraction of sp³-hybridized carbons (Fsp3) is 0.222. The Labute approximate surface area is 155 Å². The van der Waals surface area contributed by atoms with Crippen LogP contribution in [0.5, 0.6) is 5.75 Å². The molecule has 0 aliphatic carbocycles. The summed E-state index contributed by atoms with van der Waals surface area (Å²) >= 11 is 0. The number of nitrogens with zero attached hydrogens (tertiary/aromatic N) is 2. The van der Waals surface area contributed by atoms with Crippen LogP contribution in [0.25, 0.3) is 11.0 Å². The Hall–Kier alpha value is -3.07. The largest absolute Gasteiger partial charge is 0.497 e. The number of sulfonamides is 1. The van der Waals surface area contributed by atoms with E-state index in [4.69, 9.17) is 4.74 Å². The van der Waals surface area contributed by atoms with Crippen molar-refractivity contribution in [1.29, 1.82) is 0 Å². The van der Waals surface area contributed by atoms with Gasteiger partial charge in [-0.15, -0.1) is 0 Å². The van der Waals surface area contributed by atoms with Crippen LogP contribution in [0, 0.1) is 6.92 Å². The van der Waals surface area contributed by atoms with E-state index in [0.29, 0.717) is 28.0 Å². The first kappa shape index (κ1) is 18.7. The number of hydrogen-bond acceptors (Lipinski definition) is 5. The summed E-state index contributed by atoms with van der Waals surface area (Å²) in [6.45, 7) is 1.63. The van der Waals surface area contributed by atoms with Crippen molar-refractivity contribution in [2.45, 2.75) is 11.8 Å². The molecule has 0 amide bonds. The third kappa shape index (κ3) is 3.21. The Kier molecular flexibility index (Phi) is 4.56. The van der Waals surface area contributed by atoms with Crippen LogP contribution in [-0.4, -0.2) is 24.7 Å². The van der Waals surface area contributed by atoms with Crippen molar-refractivity contribution in [3.8, 4) is 5.75 Å². The topological polar surface area (TPSA) is 99.4 Å². The minimum Gasteiger partial charge on any atom is -0.497 e. The van der Waals surface area contributed by atoms with Gasteiger partial charge in [0.05, 0.1) is 28.7 Å². The molecule has 9 heteroatoms. The zero-order valence-electron chi connectivity index (χ0n) is 15.3. The molecule has 2 aromatic carbocycles. The summed E-state index contributed by atoms with van der Waals surface area (Å²) in [7, 11) is 0.489. The fourth-order valence-electron chi connectivity index (χ4n) is 2.89. The second-order valence-electron chi connectivity index (χ2n) is 6.17. The molecule has 0 fully saturated rings. The molecular formula is C18H19N3O5S. The monoisotopic (exact) mass is 389 g/mol. The number of hydrogen-bond donors (Lipinski definition) is 1. The Bertz CT molecular complexity index is 1270. The lowest BCUT2D eigenvalue weighted by molar-refractivity contribution is 0.415. The first-order valence-corrected chi connectivity index (χ1v) is 9.51. The van der Waals surface area contributed by atoms with Crippen LogP contribution >= 0.6 is 0 Å². The SMILES string of the molecule is COc1cccc(NS(=O)(=O)c2cc3c(cc2C)n(C)c(=O)c(=O)n3C)c1. The molecule has 0 saturated heterocycles. The maximum atomic E-state index is 12.9. The van der Waals surface area contributed by atoms with E-state index in [1.54, 1.807) is 37.3 Å². The van der Waals surface area contributed by atoms with Gasteiger partial charge in [-0.1, -0.05) is 6.07 Å². The highest BCUT2D eigenvalue weighted by Crippen LogP contribution is 2.25. The predicted octanol–water partition coefficient (Wildman–Crippen LogP) is 1.36.